The van der Waals surface area contributed by atoms with Gasteiger partial charge in [0.2, 0.25) is 0 Å². The lowest BCUT2D eigenvalue weighted by Gasteiger charge is -2.22. The van der Waals surface area contributed by atoms with E-state index >= 15 is 0 Å². The highest BCUT2D eigenvalue weighted by molar-refractivity contribution is 5.49. The number of hydrogen-bond acceptors (Lipinski definition) is 1. The quantitative estimate of drug-likeness (QED) is 0.542. The molecule has 1 heteroatoms. The van der Waals surface area contributed by atoms with Crippen molar-refractivity contribution >= 4 is 6.29 Å². The number of aryl methyl sites for hydroxylation is 1. The highest BCUT2D eigenvalue weighted by Crippen LogP contribution is 2.26. The first-order valence-corrected chi connectivity index (χ1v) is 5.57. The zero-order chi connectivity index (χ0) is 11.3. The molecule has 0 radical (unpaired) electrons. The lowest BCUT2D eigenvalue weighted by atomic mass is 9.82. The molecule has 0 bridgehead atoms. The number of aldehydes is 1. The Labute approximate surface area is 92.5 Å². The molecule has 0 aromatic heterocycles. The molecule has 15 heavy (non-hydrogen) atoms. The van der Waals surface area contributed by atoms with Gasteiger partial charge in [-0.15, -0.1) is 0 Å². The number of rotatable bonds is 4. The lowest BCUT2D eigenvalue weighted by molar-refractivity contribution is -0.107. The predicted molar refractivity (Wildman–Crippen MR) is 64.1 cm³/mol. The summed E-state index contributed by atoms with van der Waals surface area (Å²) in [5.41, 5.74) is 2.97. The highest BCUT2D eigenvalue weighted by Gasteiger charge is 2.16. The van der Waals surface area contributed by atoms with Crippen LogP contribution in [0.25, 0.3) is 0 Å². The van der Waals surface area contributed by atoms with Gasteiger partial charge in [-0.1, -0.05) is 45.0 Å². The number of carbonyl (C=O) groups is 1. The summed E-state index contributed by atoms with van der Waals surface area (Å²) in [5.74, 6) is 0. The SMILES string of the molecule is CC(C)(C)c1ccccc1CCCC=O. The topological polar surface area (TPSA) is 17.1 Å². The Morgan fingerprint density at radius 2 is 1.87 bits per heavy atom. The second kappa shape index (κ2) is 5.11. The van der Waals surface area contributed by atoms with Crippen molar-refractivity contribution in [2.75, 3.05) is 0 Å². The zero-order valence-corrected chi connectivity index (χ0v) is 9.92. The molecule has 1 rings (SSSR count). The Morgan fingerprint density at radius 1 is 1.20 bits per heavy atom. The molecule has 0 aliphatic rings. The van der Waals surface area contributed by atoms with Crippen LogP contribution in [0.4, 0.5) is 0 Å². The van der Waals surface area contributed by atoms with Gasteiger partial charge in [-0.3, -0.25) is 0 Å². The summed E-state index contributed by atoms with van der Waals surface area (Å²) < 4.78 is 0. The maximum absolute atomic E-state index is 10.3. The molecular weight excluding hydrogens is 184 g/mol. The number of benzene rings is 1. The normalized spacial score (nSPS) is 11.4. The molecule has 0 heterocycles. The summed E-state index contributed by atoms with van der Waals surface area (Å²) in [5, 5.41) is 0. The van der Waals surface area contributed by atoms with Crippen molar-refractivity contribution in [3.63, 3.8) is 0 Å². The van der Waals surface area contributed by atoms with Gasteiger partial charge in [0, 0.05) is 6.42 Å². The van der Waals surface area contributed by atoms with Crippen LogP contribution in [0.1, 0.15) is 44.7 Å². The molecule has 82 valence electrons. The van der Waals surface area contributed by atoms with E-state index in [9.17, 15) is 4.79 Å². The van der Waals surface area contributed by atoms with Gasteiger partial charge < -0.3 is 4.79 Å². The van der Waals surface area contributed by atoms with Gasteiger partial charge in [0.1, 0.15) is 6.29 Å². The minimum atomic E-state index is 0.192. The Balaban J connectivity index is 2.82. The molecule has 0 aliphatic heterocycles. The highest BCUT2D eigenvalue weighted by atomic mass is 16.1. The molecule has 1 nitrogen and oxygen atoms in total. The van der Waals surface area contributed by atoms with Crippen molar-refractivity contribution in [1.82, 2.24) is 0 Å². The number of unbranched alkanes of at least 4 members (excludes halogenated alkanes) is 1. The van der Waals surface area contributed by atoms with Gasteiger partial charge in [0.25, 0.3) is 0 Å². The summed E-state index contributed by atoms with van der Waals surface area (Å²) in [6.07, 6.45) is 3.63. The van der Waals surface area contributed by atoms with E-state index in [1.807, 2.05) is 0 Å². The Kier molecular flexibility index (Phi) is 4.07. The molecule has 0 atom stereocenters. The summed E-state index contributed by atoms with van der Waals surface area (Å²) in [4.78, 5) is 10.3. The van der Waals surface area contributed by atoms with Gasteiger partial charge in [0.15, 0.2) is 0 Å². The van der Waals surface area contributed by atoms with Crippen molar-refractivity contribution < 1.29 is 4.79 Å². The first kappa shape index (κ1) is 12.0. The Morgan fingerprint density at radius 3 is 2.47 bits per heavy atom. The monoisotopic (exact) mass is 204 g/mol. The van der Waals surface area contributed by atoms with Gasteiger partial charge >= 0.3 is 0 Å². The minimum absolute atomic E-state index is 0.192. The van der Waals surface area contributed by atoms with Crippen LogP contribution < -0.4 is 0 Å². The van der Waals surface area contributed by atoms with Crippen LogP contribution in [0.15, 0.2) is 24.3 Å². The van der Waals surface area contributed by atoms with E-state index in [4.69, 9.17) is 0 Å². The van der Waals surface area contributed by atoms with Crippen LogP contribution in [-0.4, -0.2) is 6.29 Å². The molecule has 0 amide bonds. The van der Waals surface area contributed by atoms with Crippen molar-refractivity contribution in [1.29, 1.82) is 0 Å². The largest absolute Gasteiger partial charge is 0.303 e. The van der Waals surface area contributed by atoms with Crippen molar-refractivity contribution in [2.24, 2.45) is 0 Å². The first-order valence-electron chi connectivity index (χ1n) is 5.57. The van der Waals surface area contributed by atoms with Crippen LogP contribution in [0.2, 0.25) is 0 Å². The number of carbonyl (C=O) groups excluding carboxylic acids is 1. The Hall–Kier alpha value is -1.11. The van der Waals surface area contributed by atoms with Crippen LogP contribution in [0.3, 0.4) is 0 Å². The molecule has 1 aromatic carbocycles. The smallest absolute Gasteiger partial charge is 0.120 e. The maximum atomic E-state index is 10.3. The van der Waals surface area contributed by atoms with Gasteiger partial charge in [-0.05, 0) is 29.4 Å². The second-order valence-corrected chi connectivity index (χ2v) is 4.97. The van der Waals surface area contributed by atoms with E-state index in [1.54, 1.807) is 0 Å². The Bertz CT molecular complexity index is 320. The fraction of sp³-hybridized carbons (Fsp3) is 0.500. The van der Waals surface area contributed by atoms with E-state index in [0.717, 1.165) is 19.1 Å². The molecule has 0 saturated carbocycles. The fourth-order valence-corrected chi connectivity index (χ4v) is 1.85. The molecule has 0 spiro atoms. The number of hydrogen-bond donors (Lipinski definition) is 0. The molecule has 0 fully saturated rings. The predicted octanol–water partition coefficient (Wildman–Crippen LogP) is 3.51. The molecule has 1 aromatic rings. The summed E-state index contributed by atoms with van der Waals surface area (Å²) in [6.45, 7) is 6.68. The lowest BCUT2D eigenvalue weighted by Crippen LogP contribution is -2.14. The van der Waals surface area contributed by atoms with E-state index in [-0.39, 0.29) is 5.41 Å². The van der Waals surface area contributed by atoms with E-state index in [0.29, 0.717) is 6.42 Å². The minimum Gasteiger partial charge on any atom is -0.303 e. The van der Waals surface area contributed by atoms with E-state index in [1.165, 1.54) is 11.1 Å². The molecule has 0 saturated heterocycles. The second-order valence-electron chi connectivity index (χ2n) is 4.97. The van der Waals surface area contributed by atoms with Crippen LogP contribution in [-0.2, 0) is 16.6 Å². The third-order valence-corrected chi connectivity index (χ3v) is 2.59. The summed E-state index contributed by atoms with van der Waals surface area (Å²) in [6, 6.07) is 8.52. The van der Waals surface area contributed by atoms with E-state index < -0.39 is 0 Å². The van der Waals surface area contributed by atoms with Crippen LogP contribution in [0.5, 0.6) is 0 Å². The zero-order valence-electron chi connectivity index (χ0n) is 9.92. The van der Waals surface area contributed by atoms with Crippen molar-refractivity contribution in [3.05, 3.63) is 35.4 Å². The molecule has 0 aliphatic carbocycles. The average Bonchev–Trinajstić information content (AvgIpc) is 2.17. The van der Waals surface area contributed by atoms with Crippen LogP contribution in [0, 0.1) is 0 Å². The van der Waals surface area contributed by atoms with Crippen molar-refractivity contribution in [2.45, 2.75) is 45.4 Å². The average molecular weight is 204 g/mol. The van der Waals surface area contributed by atoms with E-state index in [2.05, 4.69) is 45.0 Å². The third kappa shape index (κ3) is 3.50. The third-order valence-electron chi connectivity index (χ3n) is 2.59. The molecular formula is C14H20O. The first-order chi connectivity index (χ1) is 7.05. The van der Waals surface area contributed by atoms with Gasteiger partial charge in [-0.25, -0.2) is 0 Å². The van der Waals surface area contributed by atoms with Crippen molar-refractivity contribution in [3.8, 4) is 0 Å². The molecule has 0 unspecified atom stereocenters. The van der Waals surface area contributed by atoms with Gasteiger partial charge in [-0.2, -0.15) is 0 Å². The molecule has 0 N–H and O–H groups in total. The standard InChI is InChI=1S/C14H20O/c1-14(2,3)13-10-5-4-8-12(13)9-6-7-11-15/h4-5,8,10-11H,6-7,9H2,1-3H3. The summed E-state index contributed by atoms with van der Waals surface area (Å²) >= 11 is 0. The van der Waals surface area contributed by atoms with Gasteiger partial charge in [0.05, 0.1) is 0 Å². The fourth-order valence-electron chi connectivity index (χ4n) is 1.85. The van der Waals surface area contributed by atoms with Crippen LogP contribution >= 0.6 is 0 Å². The summed E-state index contributed by atoms with van der Waals surface area (Å²) in [7, 11) is 0. The maximum Gasteiger partial charge on any atom is 0.120 e.